The highest BCUT2D eigenvalue weighted by molar-refractivity contribution is 7.92. The van der Waals surface area contributed by atoms with Crippen LogP contribution in [0.3, 0.4) is 0 Å². The van der Waals surface area contributed by atoms with Gasteiger partial charge in [-0.05, 0) is 49.7 Å². The van der Waals surface area contributed by atoms with Gasteiger partial charge in [0, 0.05) is 15.7 Å². The van der Waals surface area contributed by atoms with Gasteiger partial charge >= 0.3 is 0 Å². The number of halogens is 3. The first kappa shape index (κ1) is 20.8. The summed E-state index contributed by atoms with van der Waals surface area (Å²) in [6, 6.07) is 8.42. The number of carbonyl (C=O) groups is 1. The summed E-state index contributed by atoms with van der Waals surface area (Å²) >= 11 is 18.2. The summed E-state index contributed by atoms with van der Waals surface area (Å²) in [6.07, 6.45) is 0.999. The second-order valence-electron chi connectivity index (χ2n) is 5.73. The average Bonchev–Trinajstić information content (AvgIpc) is 2.54. The van der Waals surface area contributed by atoms with Gasteiger partial charge in [0.25, 0.3) is 0 Å². The molecular weight excluding hydrogens is 419 g/mol. The summed E-state index contributed by atoms with van der Waals surface area (Å²) < 4.78 is 25.6. The van der Waals surface area contributed by atoms with Crippen LogP contribution in [-0.4, -0.2) is 26.6 Å². The van der Waals surface area contributed by atoms with Crippen molar-refractivity contribution < 1.29 is 13.2 Å². The van der Waals surface area contributed by atoms with Crippen molar-refractivity contribution >= 4 is 62.1 Å². The fraction of sp³-hybridized carbons (Fsp3) is 0.235. The minimum Gasteiger partial charge on any atom is -0.324 e. The van der Waals surface area contributed by atoms with Crippen LogP contribution in [0.4, 0.5) is 11.4 Å². The van der Waals surface area contributed by atoms with Gasteiger partial charge in [0.2, 0.25) is 15.9 Å². The molecule has 0 aromatic heterocycles. The zero-order valence-electron chi connectivity index (χ0n) is 14.3. The molecule has 1 N–H and O–H groups in total. The highest BCUT2D eigenvalue weighted by Gasteiger charge is 2.31. The number of nitrogens with zero attached hydrogens (tertiary/aromatic N) is 1. The van der Waals surface area contributed by atoms with E-state index in [1.165, 1.54) is 25.1 Å². The summed E-state index contributed by atoms with van der Waals surface area (Å²) in [6.45, 7) is 3.22. The topological polar surface area (TPSA) is 66.5 Å². The van der Waals surface area contributed by atoms with Crippen molar-refractivity contribution in [1.82, 2.24) is 0 Å². The van der Waals surface area contributed by atoms with E-state index in [9.17, 15) is 13.2 Å². The van der Waals surface area contributed by atoms with Gasteiger partial charge in [-0.15, -0.1) is 0 Å². The van der Waals surface area contributed by atoms with Crippen LogP contribution in [-0.2, 0) is 14.8 Å². The first-order valence-corrected chi connectivity index (χ1v) is 10.5. The van der Waals surface area contributed by atoms with E-state index in [0.717, 1.165) is 10.6 Å². The molecule has 2 rings (SSSR count). The van der Waals surface area contributed by atoms with Crippen molar-refractivity contribution in [1.29, 1.82) is 0 Å². The lowest BCUT2D eigenvalue weighted by atomic mass is 10.2. The number of nitrogens with one attached hydrogen (secondary N) is 1. The highest BCUT2D eigenvalue weighted by atomic mass is 35.5. The summed E-state index contributed by atoms with van der Waals surface area (Å²) in [5.74, 6) is -0.531. The van der Waals surface area contributed by atoms with Crippen molar-refractivity contribution in [3.63, 3.8) is 0 Å². The molecule has 0 heterocycles. The summed E-state index contributed by atoms with van der Waals surface area (Å²) in [4.78, 5) is 12.7. The zero-order valence-corrected chi connectivity index (χ0v) is 17.3. The average molecular weight is 436 g/mol. The molecule has 140 valence electrons. The molecule has 0 radical (unpaired) electrons. The predicted molar refractivity (Wildman–Crippen MR) is 108 cm³/mol. The van der Waals surface area contributed by atoms with Gasteiger partial charge in [0.05, 0.1) is 17.0 Å². The minimum absolute atomic E-state index is 0.132. The molecular formula is C17H17Cl3N2O3S. The fourth-order valence-corrected chi connectivity index (χ4v) is 4.19. The summed E-state index contributed by atoms with van der Waals surface area (Å²) in [7, 11) is -3.81. The Labute approximate surface area is 167 Å². The normalized spacial score (nSPS) is 12.5. The van der Waals surface area contributed by atoms with E-state index >= 15 is 0 Å². The van der Waals surface area contributed by atoms with E-state index in [1.807, 2.05) is 0 Å². The molecule has 0 fully saturated rings. The van der Waals surface area contributed by atoms with Gasteiger partial charge < -0.3 is 5.32 Å². The van der Waals surface area contributed by atoms with E-state index in [-0.39, 0.29) is 10.7 Å². The molecule has 0 spiro atoms. The Bertz CT molecular complexity index is 948. The molecule has 5 nitrogen and oxygen atoms in total. The maximum atomic E-state index is 12.7. The molecule has 0 saturated carbocycles. The SMILES string of the molecule is Cc1c(Cl)cccc1NC(=O)C(C)N(c1cc(Cl)ccc1Cl)S(C)(=O)=O. The van der Waals surface area contributed by atoms with E-state index in [4.69, 9.17) is 34.8 Å². The molecule has 26 heavy (non-hydrogen) atoms. The lowest BCUT2D eigenvalue weighted by molar-refractivity contribution is -0.116. The Hall–Kier alpha value is -1.47. The number of anilines is 2. The number of hydrogen-bond donors (Lipinski definition) is 1. The first-order chi connectivity index (χ1) is 12.0. The van der Waals surface area contributed by atoms with Gasteiger partial charge in [-0.3, -0.25) is 9.10 Å². The smallest absolute Gasteiger partial charge is 0.248 e. The molecule has 9 heteroatoms. The third-order valence-electron chi connectivity index (χ3n) is 3.76. The monoisotopic (exact) mass is 434 g/mol. The number of rotatable bonds is 5. The molecule has 0 aliphatic heterocycles. The van der Waals surface area contributed by atoms with Gasteiger partial charge in [-0.2, -0.15) is 0 Å². The van der Waals surface area contributed by atoms with Gasteiger partial charge in [0.15, 0.2) is 0 Å². The zero-order chi connectivity index (χ0) is 19.6. The van der Waals surface area contributed by atoms with Crippen LogP contribution in [0.5, 0.6) is 0 Å². The Morgan fingerprint density at radius 2 is 1.77 bits per heavy atom. The maximum absolute atomic E-state index is 12.7. The van der Waals surface area contributed by atoms with Crippen molar-refractivity contribution in [2.24, 2.45) is 0 Å². The van der Waals surface area contributed by atoms with E-state index < -0.39 is 22.0 Å². The molecule has 0 aliphatic carbocycles. The maximum Gasteiger partial charge on any atom is 0.248 e. The Morgan fingerprint density at radius 3 is 2.38 bits per heavy atom. The molecule has 1 atom stereocenters. The lowest BCUT2D eigenvalue weighted by Crippen LogP contribution is -2.45. The number of sulfonamides is 1. The molecule has 0 bridgehead atoms. The van der Waals surface area contributed by atoms with Crippen LogP contribution in [0.25, 0.3) is 0 Å². The summed E-state index contributed by atoms with van der Waals surface area (Å²) in [5, 5.41) is 3.66. The second-order valence-corrected chi connectivity index (χ2v) is 8.84. The van der Waals surface area contributed by atoms with E-state index in [1.54, 1.807) is 25.1 Å². The fourth-order valence-electron chi connectivity index (χ4n) is 2.42. The minimum atomic E-state index is -3.81. The molecule has 2 aromatic rings. The predicted octanol–water partition coefficient (Wildman–Crippen LogP) is 4.75. The Balaban J connectivity index is 2.41. The van der Waals surface area contributed by atoms with Crippen LogP contribution in [0.15, 0.2) is 36.4 Å². The number of amides is 1. The molecule has 0 aliphatic rings. The van der Waals surface area contributed by atoms with Crippen molar-refractivity contribution in [3.8, 4) is 0 Å². The highest BCUT2D eigenvalue weighted by Crippen LogP contribution is 2.32. The number of benzene rings is 2. The second kappa shape index (κ2) is 8.05. The van der Waals surface area contributed by atoms with Crippen molar-refractivity contribution in [2.45, 2.75) is 19.9 Å². The van der Waals surface area contributed by atoms with E-state index in [0.29, 0.717) is 21.3 Å². The number of carbonyl (C=O) groups excluding carboxylic acids is 1. The molecule has 0 saturated heterocycles. The lowest BCUT2D eigenvalue weighted by Gasteiger charge is -2.29. The van der Waals surface area contributed by atoms with Crippen LogP contribution >= 0.6 is 34.8 Å². The van der Waals surface area contributed by atoms with Crippen LogP contribution in [0.1, 0.15) is 12.5 Å². The van der Waals surface area contributed by atoms with E-state index in [2.05, 4.69) is 5.32 Å². The van der Waals surface area contributed by atoms with Crippen LogP contribution in [0, 0.1) is 6.92 Å². The van der Waals surface area contributed by atoms with Crippen molar-refractivity contribution in [3.05, 3.63) is 57.0 Å². The Kier molecular flexibility index (Phi) is 6.45. The molecule has 1 unspecified atom stereocenters. The standard InChI is InChI=1S/C17H17Cl3N2O3S/c1-10-13(19)5-4-6-15(10)21-17(23)11(2)22(26(3,24)25)16-9-12(18)7-8-14(16)20/h4-9,11H,1-3H3,(H,21,23). The first-order valence-electron chi connectivity index (χ1n) is 7.53. The molecule has 1 amide bonds. The van der Waals surface area contributed by atoms with Gasteiger partial charge in [-0.1, -0.05) is 40.9 Å². The van der Waals surface area contributed by atoms with Gasteiger partial charge in [0.1, 0.15) is 6.04 Å². The van der Waals surface area contributed by atoms with Gasteiger partial charge in [-0.25, -0.2) is 8.42 Å². The largest absolute Gasteiger partial charge is 0.324 e. The van der Waals surface area contributed by atoms with Crippen LogP contribution < -0.4 is 9.62 Å². The number of hydrogen-bond acceptors (Lipinski definition) is 3. The van der Waals surface area contributed by atoms with Crippen LogP contribution in [0.2, 0.25) is 15.1 Å². The molecule has 2 aromatic carbocycles. The quantitative estimate of drug-likeness (QED) is 0.737. The Morgan fingerprint density at radius 1 is 1.12 bits per heavy atom. The summed E-state index contributed by atoms with van der Waals surface area (Å²) in [5.41, 5.74) is 1.31. The third kappa shape index (κ3) is 4.62. The third-order valence-corrected chi connectivity index (χ3v) is 5.95. The van der Waals surface area contributed by atoms with Crippen molar-refractivity contribution in [2.75, 3.05) is 15.9 Å².